The molecule has 2 nitrogen and oxygen atoms in total. The Bertz CT molecular complexity index is 643. The predicted octanol–water partition coefficient (Wildman–Crippen LogP) is 9.01. The number of hydrogen-bond acceptors (Lipinski definition) is 1. The van der Waals surface area contributed by atoms with Gasteiger partial charge >= 0.3 is 5.97 Å². The van der Waals surface area contributed by atoms with Gasteiger partial charge in [0.05, 0.1) is 0 Å². The number of allylic oxidation sites excluding steroid dienone is 4. The Labute approximate surface area is 192 Å². The van der Waals surface area contributed by atoms with Crippen molar-refractivity contribution < 1.29 is 9.90 Å². The standard InChI is InChI=1S/C18H26.C11H22O2/c1-18-11-4-7-17(18)16-9-8-13-5-2-3-6-14(13)15(16)10-12-18;1-2-3-4-5-6-7-8-9-10-11(12)13/h5,16-17H,2-4,6-12H2,1H3;2-10H2,1H3,(H,12,13)/t16-,17+,18+;/m1./s1. The zero-order valence-electron chi connectivity index (χ0n) is 20.5. The van der Waals surface area contributed by atoms with E-state index in [-0.39, 0.29) is 0 Å². The average molecular weight is 429 g/mol. The second-order valence-electron chi connectivity index (χ2n) is 11.0. The third-order valence-corrected chi connectivity index (χ3v) is 8.82. The van der Waals surface area contributed by atoms with Crippen LogP contribution in [0.4, 0.5) is 0 Å². The van der Waals surface area contributed by atoms with Gasteiger partial charge in [0.2, 0.25) is 0 Å². The largest absolute Gasteiger partial charge is 0.481 e. The summed E-state index contributed by atoms with van der Waals surface area (Å²) in [5.74, 6) is 1.36. The maximum absolute atomic E-state index is 10.2. The molecule has 2 saturated carbocycles. The summed E-state index contributed by atoms with van der Waals surface area (Å²) < 4.78 is 0. The molecule has 0 aromatic rings. The highest BCUT2D eigenvalue weighted by Crippen LogP contribution is 2.59. The predicted molar refractivity (Wildman–Crippen MR) is 131 cm³/mol. The van der Waals surface area contributed by atoms with Crippen molar-refractivity contribution in [2.24, 2.45) is 17.3 Å². The van der Waals surface area contributed by atoms with Crippen molar-refractivity contribution in [3.8, 4) is 0 Å². The molecule has 1 N–H and O–H groups in total. The summed E-state index contributed by atoms with van der Waals surface area (Å²) in [6.45, 7) is 4.81. The first kappa shape index (κ1) is 24.6. The van der Waals surface area contributed by atoms with E-state index >= 15 is 0 Å². The molecule has 0 radical (unpaired) electrons. The van der Waals surface area contributed by atoms with Crippen LogP contribution in [0.5, 0.6) is 0 Å². The highest BCUT2D eigenvalue weighted by atomic mass is 16.4. The molecule has 0 spiro atoms. The summed E-state index contributed by atoms with van der Waals surface area (Å²) in [6.07, 6.45) is 27.1. The molecule has 0 bridgehead atoms. The highest BCUT2D eigenvalue weighted by molar-refractivity contribution is 5.66. The Morgan fingerprint density at radius 1 is 0.968 bits per heavy atom. The lowest BCUT2D eigenvalue weighted by Crippen LogP contribution is -2.36. The first-order valence-electron chi connectivity index (χ1n) is 13.7. The molecule has 2 heteroatoms. The molecule has 4 rings (SSSR count). The SMILES string of the molecule is CCCCCCCCCCC(=O)O.C[C@@]12CCC[C@H]1[C@@H]1CCC3=CCCCC3=C1CC2. The van der Waals surface area contributed by atoms with Crippen molar-refractivity contribution >= 4 is 5.97 Å². The van der Waals surface area contributed by atoms with Gasteiger partial charge in [-0.1, -0.05) is 76.9 Å². The van der Waals surface area contributed by atoms with E-state index in [1.807, 2.05) is 11.1 Å². The Balaban J connectivity index is 0.000000188. The summed E-state index contributed by atoms with van der Waals surface area (Å²) in [5.41, 5.74) is 6.24. The number of carboxylic acids is 1. The van der Waals surface area contributed by atoms with Crippen molar-refractivity contribution in [1.29, 1.82) is 0 Å². The minimum Gasteiger partial charge on any atom is -0.481 e. The Hall–Kier alpha value is -1.05. The first-order chi connectivity index (χ1) is 15.0. The normalized spacial score (nSPS) is 29.3. The molecule has 0 aromatic heterocycles. The molecule has 0 heterocycles. The number of aliphatic carboxylic acids is 1. The molecule has 0 unspecified atom stereocenters. The van der Waals surface area contributed by atoms with Crippen molar-refractivity contribution in [3.63, 3.8) is 0 Å². The van der Waals surface area contributed by atoms with Gasteiger partial charge in [-0.2, -0.15) is 0 Å². The summed E-state index contributed by atoms with van der Waals surface area (Å²) in [5, 5.41) is 8.39. The molecule has 176 valence electrons. The number of carboxylic acid groups (broad SMARTS) is 1. The smallest absolute Gasteiger partial charge is 0.303 e. The van der Waals surface area contributed by atoms with E-state index in [0.717, 1.165) is 24.7 Å². The molecule has 31 heavy (non-hydrogen) atoms. The minimum absolute atomic E-state index is 0.342. The number of hydrogen-bond donors (Lipinski definition) is 1. The summed E-state index contributed by atoms with van der Waals surface area (Å²) >= 11 is 0. The lowest BCUT2D eigenvalue weighted by molar-refractivity contribution is -0.137. The van der Waals surface area contributed by atoms with Crippen molar-refractivity contribution in [1.82, 2.24) is 0 Å². The van der Waals surface area contributed by atoms with Crippen molar-refractivity contribution in [2.45, 2.75) is 136 Å². The zero-order chi connectivity index (χ0) is 22.1. The minimum atomic E-state index is -0.661. The fraction of sp³-hybridized carbons (Fsp3) is 0.828. The van der Waals surface area contributed by atoms with Crippen LogP contribution < -0.4 is 0 Å². The van der Waals surface area contributed by atoms with Gasteiger partial charge in [-0.3, -0.25) is 4.79 Å². The molecular formula is C29H48O2. The van der Waals surface area contributed by atoms with Gasteiger partial charge in [-0.15, -0.1) is 0 Å². The third-order valence-electron chi connectivity index (χ3n) is 8.82. The topological polar surface area (TPSA) is 37.3 Å². The average Bonchev–Trinajstić information content (AvgIpc) is 3.17. The zero-order valence-corrected chi connectivity index (χ0v) is 20.5. The maximum atomic E-state index is 10.2. The maximum Gasteiger partial charge on any atom is 0.303 e. The number of rotatable bonds is 9. The van der Waals surface area contributed by atoms with Crippen LogP contribution in [0.1, 0.15) is 136 Å². The first-order valence-corrected chi connectivity index (χ1v) is 13.7. The second kappa shape index (κ2) is 12.3. The van der Waals surface area contributed by atoms with Gasteiger partial charge in [0, 0.05) is 6.42 Å². The quantitative estimate of drug-likeness (QED) is 0.372. The summed E-state index contributed by atoms with van der Waals surface area (Å²) in [7, 11) is 0. The second-order valence-corrected chi connectivity index (χ2v) is 11.0. The van der Waals surface area contributed by atoms with E-state index < -0.39 is 5.97 Å². The summed E-state index contributed by atoms with van der Waals surface area (Å²) in [4.78, 5) is 10.2. The number of carbonyl (C=O) groups is 1. The van der Waals surface area contributed by atoms with E-state index in [4.69, 9.17) is 5.11 Å². The molecule has 2 fully saturated rings. The Morgan fingerprint density at radius 3 is 2.45 bits per heavy atom. The summed E-state index contributed by atoms with van der Waals surface area (Å²) in [6, 6.07) is 0. The van der Waals surface area contributed by atoms with Gasteiger partial charge in [-0.05, 0) is 92.6 Å². The van der Waals surface area contributed by atoms with Crippen LogP contribution in [0.3, 0.4) is 0 Å². The van der Waals surface area contributed by atoms with Crippen LogP contribution >= 0.6 is 0 Å². The molecule has 4 aliphatic rings. The van der Waals surface area contributed by atoms with Crippen LogP contribution in [0.2, 0.25) is 0 Å². The van der Waals surface area contributed by atoms with Gasteiger partial charge in [-0.25, -0.2) is 0 Å². The van der Waals surface area contributed by atoms with Crippen LogP contribution in [-0.4, -0.2) is 11.1 Å². The highest BCUT2D eigenvalue weighted by Gasteiger charge is 2.48. The fourth-order valence-corrected chi connectivity index (χ4v) is 7.04. The molecule has 0 aliphatic heterocycles. The Morgan fingerprint density at radius 2 is 1.71 bits per heavy atom. The van der Waals surface area contributed by atoms with Gasteiger partial charge in [0.15, 0.2) is 0 Å². The van der Waals surface area contributed by atoms with E-state index in [9.17, 15) is 4.79 Å². The van der Waals surface area contributed by atoms with E-state index in [1.165, 1.54) is 103 Å². The van der Waals surface area contributed by atoms with Gasteiger partial charge in [0.25, 0.3) is 0 Å². The fourth-order valence-electron chi connectivity index (χ4n) is 7.04. The van der Waals surface area contributed by atoms with Crippen molar-refractivity contribution in [2.75, 3.05) is 0 Å². The molecule has 4 aliphatic carbocycles. The van der Waals surface area contributed by atoms with Gasteiger partial charge in [0.1, 0.15) is 0 Å². The molecule has 3 atom stereocenters. The third kappa shape index (κ3) is 6.72. The van der Waals surface area contributed by atoms with E-state index in [0.29, 0.717) is 11.8 Å². The molecule has 0 amide bonds. The van der Waals surface area contributed by atoms with E-state index in [2.05, 4.69) is 19.9 Å². The lowest BCUT2D eigenvalue weighted by atomic mass is 9.58. The van der Waals surface area contributed by atoms with Crippen LogP contribution in [0.15, 0.2) is 22.8 Å². The molecule has 0 aromatic carbocycles. The lowest BCUT2D eigenvalue weighted by Gasteiger charge is -2.47. The van der Waals surface area contributed by atoms with Crippen LogP contribution in [-0.2, 0) is 4.79 Å². The Kier molecular flexibility index (Phi) is 9.72. The molecule has 0 saturated heterocycles. The van der Waals surface area contributed by atoms with Gasteiger partial charge < -0.3 is 5.11 Å². The van der Waals surface area contributed by atoms with Crippen molar-refractivity contribution in [3.05, 3.63) is 22.8 Å². The molecular weight excluding hydrogens is 380 g/mol. The monoisotopic (exact) mass is 428 g/mol. The van der Waals surface area contributed by atoms with Crippen LogP contribution in [0, 0.1) is 17.3 Å². The number of fused-ring (bicyclic) bond motifs is 4. The number of unbranched alkanes of at least 4 members (excludes halogenated alkanes) is 7. The van der Waals surface area contributed by atoms with E-state index in [1.54, 1.807) is 5.57 Å². The van der Waals surface area contributed by atoms with Crippen LogP contribution in [0.25, 0.3) is 0 Å².